The molecule has 0 spiro atoms. The summed E-state index contributed by atoms with van der Waals surface area (Å²) in [6.45, 7) is 6.14. The summed E-state index contributed by atoms with van der Waals surface area (Å²) in [6.07, 6.45) is -0.458. The lowest BCUT2D eigenvalue weighted by Crippen LogP contribution is -2.45. The highest BCUT2D eigenvalue weighted by molar-refractivity contribution is 9.10. The maximum atomic E-state index is 14.6. The quantitative estimate of drug-likeness (QED) is 0.258. The lowest BCUT2D eigenvalue weighted by atomic mass is 9.71. The van der Waals surface area contributed by atoms with Gasteiger partial charge >= 0.3 is 0 Å². The number of hydrogen-bond acceptors (Lipinski definition) is 6. The molecule has 0 fully saturated rings. The minimum absolute atomic E-state index is 0.233. The first-order chi connectivity index (χ1) is 17.6. The molecule has 4 rings (SSSR count). The number of Topliss-reactive ketones (excluding diaryl/α,β-unsaturated/α-hetero) is 1. The largest absolute Gasteiger partial charge is 0.496 e. The number of halogens is 1. The van der Waals surface area contributed by atoms with Crippen LogP contribution in [0.4, 0.5) is 0 Å². The molecular formula is C29H30BrNO5Si. The van der Waals surface area contributed by atoms with Crippen LogP contribution in [0.3, 0.4) is 0 Å². The molecule has 1 aliphatic heterocycles. The van der Waals surface area contributed by atoms with Gasteiger partial charge in [-0.2, -0.15) is 5.26 Å². The van der Waals surface area contributed by atoms with Crippen molar-refractivity contribution in [1.82, 2.24) is 0 Å². The van der Waals surface area contributed by atoms with Gasteiger partial charge in [-0.05, 0) is 43.8 Å². The zero-order chi connectivity index (χ0) is 26.8. The van der Waals surface area contributed by atoms with Crippen LogP contribution in [0.2, 0.25) is 19.6 Å². The molecule has 0 aliphatic carbocycles. The second-order valence-electron chi connectivity index (χ2n) is 9.92. The molecule has 0 radical (unpaired) electrons. The summed E-state index contributed by atoms with van der Waals surface area (Å²) in [7, 11) is 1.01. The summed E-state index contributed by atoms with van der Waals surface area (Å²) in [5.74, 6) is 0.502. The average Bonchev–Trinajstić information content (AvgIpc) is 3.18. The standard InChI is InChI=1S/C29H30BrNO5Si/c1-33-22-16-25(34-2)27-26(17-22)35-29(28(27)32,20-11-13-21(30)14-12-20)24(19-9-7-6-8-10-19)15-23(18-31)36-37(3,4)5/h6-14,16-17,23-24H,15H2,1-5H3/t23?,24-,29-/m0/s1. The van der Waals surface area contributed by atoms with Crippen molar-refractivity contribution < 1.29 is 23.4 Å². The molecule has 0 bridgehead atoms. The van der Waals surface area contributed by atoms with Gasteiger partial charge < -0.3 is 18.6 Å². The number of methoxy groups -OCH3 is 2. The Bertz CT molecular complexity index is 1320. The number of ether oxygens (including phenoxy) is 3. The number of rotatable bonds is 9. The van der Waals surface area contributed by atoms with Gasteiger partial charge in [0, 0.05) is 28.1 Å². The van der Waals surface area contributed by atoms with Crippen LogP contribution in [-0.2, 0) is 10.0 Å². The fraction of sp³-hybridized carbons (Fsp3) is 0.310. The molecule has 1 unspecified atom stereocenters. The molecule has 0 saturated heterocycles. The Morgan fingerprint density at radius 2 is 1.70 bits per heavy atom. The van der Waals surface area contributed by atoms with E-state index in [1.165, 1.54) is 7.11 Å². The summed E-state index contributed by atoms with van der Waals surface area (Å²) in [5, 5.41) is 10.1. The molecular weight excluding hydrogens is 550 g/mol. The third-order valence-corrected chi connectivity index (χ3v) is 7.91. The van der Waals surface area contributed by atoms with Gasteiger partial charge in [0.2, 0.25) is 11.4 Å². The fourth-order valence-electron chi connectivity index (χ4n) is 4.86. The number of nitriles is 1. The van der Waals surface area contributed by atoms with Crippen LogP contribution in [0.25, 0.3) is 0 Å². The normalized spacial score (nSPS) is 18.4. The maximum Gasteiger partial charge on any atom is 0.219 e. The first kappa shape index (κ1) is 26.9. The van der Waals surface area contributed by atoms with Gasteiger partial charge in [0.05, 0.1) is 20.3 Å². The Labute approximate surface area is 227 Å². The SMILES string of the molecule is COc1cc(OC)c2c(c1)O[C@@](c1ccc(Br)cc1)([C@@H](CC(C#N)O[Si](C)(C)C)c1ccccc1)C2=O. The topological polar surface area (TPSA) is 77.8 Å². The van der Waals surface area contributed by atoms with Gasteiger partial charge in [0.1, 0.15) is 28.9 Å². The van der Waals surface area contributed by atoms with Crippen molar-refractivity contribution in [3.05, 3.63) is 87.9 Å². The van der Waals surface area contributed by atoms with E-state index in [-0.39, 0.29) is 12.2 Å². The van der Waals surface area contributed by atoms with Crippen molar-refractivity contribution in [3.63, 3.8) is 0 Å². The molecule has 3 aromatic rings. The molecule has 6 nitrogen and oxygen atoms in total. The monoisotopic (exact) mass is 579 g/mol. The Kier molecular flexibility index (Phi) is 7.79. The Morgan fingerprint density at radius 1 is 1.03 bits per heavy atom. The van der Waals surface area contributed by atoms with E-state index < -0.39 is 25.9 Å². The highest BCUT2D eigenvalue weighted by atomic mass is 79.9. The van der Waals surface area contributed by atoms with Crippen LogP contribution in [0.15, 0.2) is 71.2 Å². The van der Waals surface area contributed by atoms with E-state index in [4.69, 9.17) is 18.6 Å². The Morgan fingerprint density at radius 3 is 2.27 bits per heavy atom. The highest BCUT2D eigenvalue weighted by Gasteiger charge is 2.57. The van der Waals surface area contributed by atoms with Crippen LogP contribution in [0.1, 0.15) is 33.8 Å². The van der Waals surface area contributed by atoms with Gasteiger partial charge in [-0.1, -0.05) is 58.4 Å². The molecule has 3 atom stereocenters. The minimum atomic E-state index is -2.06. The molecule has 192 valence electrons. The van der Waals surface area contributed by atoms with Gasteiger partial charge in [0.15, 0.2) is 8.32 Å². The summed E-state index contributed by atoms with van der Waals surface area (Å²) in [4.78, 5) is 14.6. The molecule has 0 N–H and O–H groups in total. The summed E-state index contributed by atoms with van der Waals surface area (Å²) in [6, 6.07) is 23.0. The van der Waals surface area contributed by atoms with Crippen molar-refractivity contribution in [2.24, 2.45) is 0 Å². The maximum absolute atomic E-state index is 14.6. The van der Waals surface area contributed by atoms with Crippen molar-refractivity contribution in [1.29, 1.82) is 5.26 Å². The zero-order valence-corrected chi connectivity index (χ0v) is 24.2. The highest BCUT2D eigenvalue weighted by Crippen LogP contribution is 2.54. The predicted molar refractivity (Wildman–Crippen MR) is 148 cm³/mol. The van der Waals surface area contributed by atoms with Gasteiger partial charge in [0.25, 0.3) is 0 Å². The second kappa shape index (κ2) is 10.7. The van der Waals surface area contributed by atoms with E-state index in [9.17, 15) is 10.1 Å². The lowest BCUT2D eigenvalue weighted by molar-refractivity contribution is 0.0345. The number of carbonyl (C=O) groups is 1. The fourth-order valence-corrected chi connectivity index (χ4v) is 6.13. The van der Waals surface area contributed by atoms with E-state index in [2.05, 4.69) is 22.0 Å². The van der Waals surface area contributed by atoms with Crippen LogP contribution in [-0.4, -0.2) is 34.4 Å². The smallest absolute Gasteiger partial charge is 0.219 e. The van der Waals surface area contributed by atoms with Gasteiger partial charge in [-0.15, -0.1) is 0 Å². The number of nitrogens with zero attached hydrogens (tertiary/aromatic N) is 1. The molecule has 1 aliphatic rings. The van der Waals surface area contributed by atoms with Crippen LogP contribution in [0.5, 0.6) is 17.2 Å². The van der Waals surface area contributed by atoms with Crippen molar-refractivity contribution in [2.45, 2.75) is 43.7 Å². The molecule has 3 aromatic carbocycles. The van der Waals surface area contributed by atoms with Crippen molar-refractivity contribution >= 4 is 30.0 Å². The van der Waals surface area contributed by atoms with Crippen LogP contribution >= 0.6 is 15.9 Å². The molecule has 37 heavy (non-hydrogen) atoms. The molecule has 0 amide bonds. The lowest BCUT2D eigenvalue weighted by Gasteiger charge is -2.38. The molecule has 8 heteroatoms. The Balaban J connectivity index is 1.97. The second-order valence-corrected chi connectivity index (χ2v) is 15.3. The third kappa shape index (κ3) is 5.30. The van der Waals surface area contributed by atoms with Crippen LogP contribution in [0, 0.1) is 11.3 Å². The first-order valence-corrected chi connectivity index (χ1v) is 16.2. The van der Waals surface area contributed by atoms with Gasteiger partial charge in [-0.25, -0.2) is 0 Å². The molecule has 0 aromatic heterocycles. The number of hydrogen-bond donors (Lipinski definition) is 0. The van der Waals surface area contributed by atoms with E-state index in [1.807, 2.05) is 74.2 Å². The van der Waals surface area contributed by atoms with E-state index >= 15 is 0 Å². The van der Waals surface area contributed by atoms with E-state index in [0.29, 0.717) is 28.4 Å². The number of carbonyl (C=O) groups excluding carboxylic acids is 1. The number of benzene rings is 3. The minimum Gasteiger partial charge on any atom is -0.496 e. The number of ketones is 1. The molecule has 1 heterocycles. The van der Waals surface area contributed by atoms with E-state index in [0.717, 1.165) is 10.0 Å². The molecule has 0 saturated carbocycles. The Hall–Kier alpha value is -3.12. The van der Waals surface area contributed by atoms with Crippen LogP contribution < -0.4 is 14.2 Å². The summed E-state index contributed by atoms with van der Waals surface area (Å²) in [5.41, 5.74) is 0.447. The number of fused-ring (bicyclic) bond motifs is 1. The van der Waals surface area contributed by atoms with Gasteiger partial charge in [-0.3, -0.25) is 4.79 Å². The van der Waals surface area contributed by atoms with Crippen molar-refractivity contribution in [2.75, 3.05) is 14.2 Å². The predicted octanol–water partition coefficient (Wildman–Crippen LogP) is 6.85. The third-order valence-electron chi connectivity index (χ3n) is 6.39. The van der Waals surface area contributed by atoms with Crippen molar-refractivity contribution in [3.8, 4) is 23.3 Å². The summed E-state index contributed by atoms with van der Waals surface area (Å²) < 4.78 is 24.9. The van der Waals surface area contributed by atoms with E-state index in [1.54, 1.807) is 19.2 Å². The zero-order valence-electron chi connectivity index (χ0n) is 21.6. The first-order valence-electron chi connectivity index (χ1n) is 12.0. The average molecular weight is 581 g/mol. The summed E-state index contributed by atoms with van der Waals surface area (Å²) >= 11 is 3.50.